The van der Waals surface area contributed by atoms with Gasteiger partial charge in [0.25, 0.3) is 0 Å². The van der Waals surface area contributed by atoms with E-state index in [9.17, 15) is 13.2 Å². The van der Waals surface area contributed by atoms with Crippen molar-refractivity contribution in [2.45, 2.75) is 18.6 Å². The van der Waals surface area contributed by atoms with Crippen LogP contribution in [0.2, 0.25) is 0 Å². The van der Waals surface area contributed by atoms with Gasteiger partial charge in [-0.05, 0) is 6.42 Å². The van der Waals surface area contributed by atoms with Gasteiger partial charge in [-0.3, -0.25) is 9.52 Å². The number of hydrogen-bond donors (Lipinski definition) is 1. The van der Waals surface area contributed by atoms with Crippen LogP contribution in [0.3, 0.4) is 0 Å². The third-order valence-electron chi connectivity index (χ3n) is 1.61. The predicted molar refractivity (Wildman–Crippen MR) is 42.0 cm³/mol. The number of amides is 1. The lowest BCUT2D eigenvalue weighted by molar-refractivity contribution is -0.117. The lowest BCUT2D eigenvalue weighted by Gasteiger charge is -2.08. The van der Waals surface area contributed by atoms with Crippen LogP contribution in [0, 0.1) is 0 Å². The molecule has 1 saturated heterocycles. The van der Waals surface area contributed by atoms with Crippen LogP contribution in [0.1, 0.15) is 13.3 Å². The summed E-state index contributed by atoms with van der Waals surface area (Å²) in [5, 5.41) is -0.568. The van der Waals surface area contributed by atoms with Crippen LogP contribution in [-0.4, -0.2) is 32.8 Å². The Morgan fingerprint density at radius 2 is 2.25 bits per heavy atom. The largest absolute Gasteiger partial charge is 0.380 e. The average Bonchev–Trinajstić information content (AvgIpc) is 2.32. The summed E-state index contributed by atoms with van der Waals surface area (Å²) >= 11 is 0. The summed E-state index contributed by atoms with van der Waals surface area (Å²) in [5.74, 6) is -0.554. The van der Waals surface area contributed by atoms with Crippen molar-refractivity contribution in [1.82, 2.24) is 4.72 Å². The van der Waals surface area contributed by atoms with Gasteiger partial charge in [0.1, 0.15) is 5.25 Å². The molecule has 1 atom stereocenters. The number of rotatable bonds is 2. The summed E-state index contributed by atoms with van der Waals surface area (Å²) in [6.45, 7) is 1.81. The Kier molecular flexibility index (Phi) is 2.69. The van der Waals surface area contributed by atoms with E-state index in [-0.39, 0.29) is 6.61 Å². The van der Waals surface area contributed by atoms with E-state index >= 15 is 0 Å². The van der Waals surface area contributed by atoms with Crippen LogP contribution in [0.4, 0.5) is 0 Å². The number of carbonyl (C=O) groups excluding carboxylic acids is 1. The summed E-state index contributed by atoms with van der Waals surface area (Å²) in [6.07, 6.45) is 0.461. The molecule has 1 rings (SSSR count). The summed E-state index contributed by atoms with van der Waals surface area (Å²) in [4.78, 5) is 10.5. The van der Waals surface area contributed by atoms with Crippen LogP contribution in [0.15, 0.2) is 0 Å². The summed E-state index contributed by atoms with van der Waals surface area (Å²) in [7, 11) is -3.48. The first kappa shape index (κ1) is 9.47. The zero-order valence-corrected chi connectivity index (χ0v) is 7.56. The van der Waals surface area contributed by atoms with Gasteiger partial charge >= 0.3 is 0 Å². The summed E-state index contributed by atoms with van der Waals surface area (Å²) in [5.41, 5.74) is 0. The molecule has 1 heterocycles. The van der Waals surface area contributed by atoms with E-state index < -0.39 is 21.2 Å². The van der Waals surface area contributed by atoms with Gasteiger partial charge in [0.15, 0.2) is 0 Å². The molecular weight excluding hydrogens is 182 g/mol. The van der Waals surface area contributed by atoms with Gasteiger partial charge < -0.3 is 4.74 Å². The van der Waals surface area contributed by atoms with E-state index in [0.29, 0.717) is 13.0 Å². The molecule has 1 amide bonds. The average molecular weight is 193 g/mol. The van der Waals surface area contributed by atoms with Crippen molar-refractivity contribution in [3.05, 3.63) is 0 Å². The zero-order valence-electron chi connectivity index (χ0n) is 6.74. The monoisotopic (exact) mass is 193 g/mol. The molecule has 1 fully saturated rings. The molecule has 12 heavy (non-hydrogen) atoms. The summed E-state index contributed by atoms with van der Waals surface area (Å²) in [6, 6.07) is 0. The molecule has 0 saturated carbocycles. The summed E-state index contributed by atoms with van der Waals surface area (Å²) < 4.78 is 29.3. The second-order valence-corrected chi connectivity index (χ2v) is 4.65. The predicted octanol–water partition coefficient (Wildman–Crippen LogP) is -0.759. The van der Waals surface area contributed by atoms with E-state index in [1.807, 2.05) is 4.72 Å². The third kappa shape index (κ3) is 2.18. The first-order valence-electron chi connectivity index (χ1n) is 3.62. The molecule has 1 unspecified atom stereocenters. The van der Waals surface area contributed by atoms with Crippen molar-refractivity contribution in [2.24, 2.45) is 0 Å². The maximum absolute atomic E-state index is 11.2. The Labute approximate surface area is 71.1 Å². The minimum Gasteiger partial charge on any atom is -0.380 e. The fourth-order valence-corrected chi connectivity index (χ4v) is 2.29. The normalized spacial score (nSPS) is 23.9. The van der Waals surface area contributed by atoms with Crippen molar-refractivity contribution in [3.8, 4) is 0 Å². The van der Waals surface area contributed by atoms with Crippen molar-refractivity contribution >= 4 is 15.9 Å². The van der Waals surface area contributed by atoms with Crippen LogP contribution in [0.5, 0.6) is 0 Å². The molecule has 70 valence electrons. The topological polar surface area (TPSA) is 72.5 Å². The lowest BCUT2D eigenvalue weighted by atomic mass is 10.4. The number of ether oxygens (including phenoxy) is 1. The number of hydrogen-bond acceptors (Lipinski definition) is 4. The minimum atomic E-state index is -3.48. The highest BCUT2D eigenvalue weighted by atomic mass is 32.2. The SMILES string of the molecule is CC(=O)NS(=O)(=O)C1CCOC1. The van der Waals surface area contributed by atoms with Crippen molar-refractivity contribution in [1.29, 1.82) is 0 Å². The Morgan fingerprint density at radius 1 is 1.58 bits per heavy atom. The second kappa shape index (κ2) is 3.40. The van der Waals surface area contributed by atoms with Gasteiger partial charge in [-0.1, -0.05) is 0 Å². The van der Waals surface area contributed by atoms with Crippen molar-refractivity contribution < 1.29 is 17.9 Å². The molecule has 0 bridgehead atoms. The van der Waals surface area contributed by atoms with E-state index in [1.54, 1.807) is 0 Å². The fraction of sp³-hybridized carbons (Fsp3) is 0.833. The van der Waals surface area contributed by atoms with Crippen molar-refractivity contribution in [2.75, 3.05) is 13.2 Å². The molecule has 0 aliphatic carbocycles. The quantitative estimate of drug-likeness (QED) is 0.625. The van der Waals surface area contributed by atoms with Gasteiger partial charge in [-0.25, -0.2) is 8.42 Å². The second-order valence-electron chi connectivity index (χ2n) is 2.69. The maximum Gasteiger partial charge on any atom is 0.240 e. The van der Waals surface area contributed by atoms with Crippen LogP contribution in [-0.2, 0) is 19.6 Å². The third-order valence-corrected chi connectivity index (χ3v) is 3.43. The molecule has 0 aromatic carbocycles. The van der Waals surface area contributed by atoms with E-state index in [0.717, 1.165) is 0 Å². The maximum atomic E-state index is 11.2. The standard InChI is InChI=1S/C6H11NO4S/c1-5(8)7-12(9,10)6-2-3-11-4-6/h6H,2-4H2,1H3,(H,7,8). The lowest BCUT2D eigenvalue weighted by Crippen LogP contribution is -2.37. The zero-order chi connectivity index (χ0) is 9.19. The van der Waals surface area contributed by atoms with E-state index in [1.165, 1.54) is 6.92 Å². The molecule has 1 N–H and O–H groups in total. The van der Waals surface area contributed by atoms with Crippen LogP contribution >= 0.6 is 0 Å². The molecule has 1 aliphatic heterocycles. The van der Waals surface area contributed by atoms with Gasteiger partial charge in [0.2, 0.25) is 15.9 Å². The molecule has 0 radical (unpaired) electrons. The highest BCUT2D eigenvalue weighted by Crippen LogP contribution is 2.11. The number of nitrogens with one attached hydrogen (secondary N) is 1. The van der Waals surface area contributed by atoms with Gasteiger partial charge in [0.05, 0.1) is 6.61 Å². The Balaban J connectivity index is 2.64. The Bertz CT molecular complexity index is 265. The molecule has 6 heteroatoms. The highest BCUT2D eigenvalue weighted by Gasteiger charge is 2.29. The van der Waals surface area contributed by atoms with Gasteiger partial charge in [0, 0.05) is 13.5 Å². The van der Waals surface area contributed by atoms with Crippen LogP contribution < -0.4 is 4.72 Å². The molecule has 5 nitrogen and oxygen atoms in total. The molecule has 0 spiro atoms. The number of sulfonamides is 1. The first-order chi connectivity index (χ1) is 5.52. The van der Waals surface area contributed by atoms with Gasteiger partial charge in [-0.2, -0.15) is 0 Å². The van der Waals surface area contributed by atoms with Crippen LogP contribution in [0.25, 0.3) is 0 Å². The Hall–Kier alpha value is -0.620. The molecule has 1 aliphatic rings. The van der Waals surface area contributed by atoms with Crippen molar-refractivity contribution in [3.63, 3.8) is 0 Å². The van der Waals surface area contributed by atoms with E-state index in [4.69, 9.17) is 4.74 Å². The number of carbonyl (C=O) groups is 1. The van der Waals surface area contributed by atoms with Gasteiger partial charge in [-0.15, -0.1) is 0 Å². The smallest absolute Gasteiger partial charge is 0.240 e. The minimum absolute atomic E-state index is 0.183. The molecule has 0 aromatic rings. The molecular formula is C6H11NO4S. The Morgan fingerprint density at radius 3 is 2.67 bits per heavy atom. The highest BCUT2D eigenvalue weighted by molar-refractivity contribution is 7.90. The fourth-order valence-electron chi connectivity index (χ4n) is 1.04. The van der Waals surface area contributed by atoms with E-state index in [2.05, 4.69) is 0 Å². The molecule has 0 aromatic heterocycles. The first-order valence-corrected chi connectivity index (χ1v) is 5.17.